The molecule has 1 aromatic heterocycles. The number of pyridine rings is 1. The third-order valence-corrected chi connectivity index (χ3v) is 7.65. The van der Waals surface area contributed by atoms with Crippen molar-refractivity contribution in [2.45, 2.75) is 31.9 Å². The molecule has 0 bridgehead atoms. The van der Waals surface area contributed by atoms with Crippen molar-refractivity contribution < 1.29 is 9.47 Å². The maximum Gasteiger partial charge on any atom is 0.143 e. The molecule has 1 aromatic carbocycles. The molecule has 4 aliphatic heterocycles. The summed E-state index contributed by atoms with van der Waals surface area (Å²) in [6.45, 7) is 11.0. The van der Waals surface area contributed by atoms with E-state index in [0.29, 0.717) is 18.4 Å². The lowest BCUT2D eigenvalue weighted by Gasteiger charge is -2.45. The molecule has 32 heavy (non-hydrogen) atoms. The molecule has 0 spiro atoms. The van der Waals surface area contributed by atoms with Crippen molar-refractivity contribution in [3.05, 3.63) is 41.6 Å². The average Bonchev–Trinajstić information content (AvgIpc) is 2.97. The zero-order valence-electron chi connectivity index (χ0n) is 18.8. The van der Waals surface area contributed by atoms with Crippen molar-refractivity contribution >= 4 is 17.2 Å². The summed E-state index contributed by atoms with van der Waals surface area (Å²) in [6, 6.07) is 9.56. The Labute approximate surface area is 190 Å². The lowest BCUT2D eigenvalue weighted by molar-refractivity contribution is 0.0844. The first-order valence-electron chi connectivity index (χ1n) is 12.1. The van der Waals surface area contributed by atoms with Gasteiger partial charge in [0, 0.05) is 50.6 Å². The zero-order chi connectivity index (χ0) is 21.5. The highest BCUT2D eigenvalue weighted by molar-refractivity contribution is 5.73. The zero-order valence-corrected chi connectivity index (χ0v) is 18.8. The van der Waals surface area contributed by atoms with Crippen LogP contribution in [-0.2, 0) is 11.3 Å². The lowest BCUT2D eigenvalue weighted by Crippen LogP contribution is -2.59. The quantitative estimate of drug-likeness (QED) is 0.769. The molecular weight excluding hydrogens is 402 g/mol. The predicted molar refractivity (Wildman–Crippen MR) is 126 cm³/mol. The summed E-state index contributed by atoms with van der Waals surface area (Å²) in [5.41, 5.74) is 4.77. The second-order valence-corrected chi connectivity index (χ2v) is 9.61. The molecule has 3 fully saturated rings. The molecule has 2 atom stereocenters. The SMILES string of the molecule is C[C@H]1CN(C2CNC2)CC[C@H]1c1ccc2c(c1)Nc1nccc(N3CCOCC3)c1CO2. The number of anilines is 3. The topological polar surface area (TPSA) is 61.9 Å². The minimum atomic E-state index is 0.527. The Morgan fingerprint density at radius 2 is 1.97 bits per heavy atom. The van der Waals surface area contributed by atoms with Gasteiger partial charge in [-0.3, -0.25) is 4.90 Å². The normalized spacial score (nSPS) is 26.2. The average molecular weight is 436 g/mol. The summed E-state index contributed by atoms with van der Waals surface area (Å²) in [6.07, 6.45) is 3.12. The number of piperidine rings is 1. The van der Waals surface area contributed by atoms with E-state index in [1.165, 1.54) is 30.8 Å². The maximum atomic E-state index is 6.27. The third kappa shape index (κ3) is 3.72. The van der Waals surface area contributed by atoms with Crippen molar-refractivity contribution in [2.24, 2.45) is 5.92 Å². The van der Waals surface area contributed by atoms with E-state index in [0.717, 1.165) is 68.3 Å². The van der Waals surface area contributed by atoms with Gasteiger partial charge in [0.15, 0.2) is 0 Å². The number of ether oxygens (including phenoxy) is 2. The molecule has 0 aliphatic carbocycles. The predicted octanol–water partition coefficient (Wildman–Crippen LogP) is 2.95. The van der Waals surface area contributed by atoms with Crippen LogP contribution in [0.4, 0.5) is 17.2 Å². The number of rotatable bonds is 3. The van der Waals surface area contributed by atoms with Crippen LogP contribution in [0.3, 0.4) is 0 Å². The summed E-state index contributed by atoms with van der Waals surface area (Å²) < 4.78 is 11.8. The molecule has 3 saturated heterocycles. The molecule has 2 aromatic rings. The summed E-state index contributed by atoms with van der Waals surface area (Å²) in [7, 11) is 0. The Morgan fingerprint density at radius 1 is 1.09 bits per heavy atom. The van der Waals surface area contributed by atoms with Crippen molar-refractivity contribution in [3.63, 3.8) is 0 Å². The Balaban J connectivity index is 1.23. The van der Waals surface area contributed by atoms with Gasteiger partial charge in [0.2, 0.25) is 0 Å². The van der Waals surface area contributed by atoms with Crippen LogP contribution in [0.15, 0.2) is 30.5 Å². The van der Waals surface area contributed by atoms with Crippen LogP contribution in [0, 0.1) is 5.92 Å². The highest BCUT2D eigenvalue weighted by Crippen LogP contribution is 2.41. The van der Waals surface area contributed by atoms with E-state index in [1.807, 2.05) is 6.20 Å². The highest BCUT2D eigenvalue weighted by Gasteiger charge is 2.33. The Hall–Kier alpha value is -2.35. The van der Waals surface area contributed by atoms with Gasteiger partial charge in [0.1, 0.15) is 18.2 Å². The summed E-state index contributed by atoms with van der Waals surface area (Å²) >= 11 is 0. The van der Waals surface area contributed by atoms with Crippen molar-refractivity contribution in [1.82, 2.24) is 15.2 Å². The van der Waals surface area contributed by atoms with E-state index < -0.39 is 0 Å². The van der Waals surface area contributed by atoms with Gasteiger partial charge in [-0.1, -0.05) is 13.0 Å². The van der Waals surface area contributed by atoms with Gasteiger partial charge in [0.05, 0.1) is 24.5 Å². The lowest BCUT2D eigenvalue weighted by atomic mass is 9.80. The molecule has 7 heteroatoms. The van der Waals surface area contributed by atoms with Crippen molar-refractivity contribution in [3.8, 4) is 5.75 Å². The first-order chi connectivity index (χ1) is 15.8. The Morgan fingerprint density at radius 3 is 2.75 bits per heavy atom. The standard InChI is InChI=1S/C25H33N5O2/c1-17-15-30(19-13-26-14-19)7-5-20(17)18-2-3-24-22(12-18)28-25-21(16-32-24)23(4-6-27-25)29-8-10-31-11-9-29/h2-4,6,12,17,19-20,26H,5,7-11,13-16H2,1H3,(H,27,28)/t17-,20+/m0/s1. The van der Waals surface area contributed by atoms with Gasteiger partial charge in [0.25, 0.3) is 0 Å². The maximum absolute atomic E-state index is 6.27. The number of nitrogens with one attached hydrogen (secondary N) is 2. The molecular formula is C25H33N5O2. The van der Waals surface area contributed by atoms with Crippen LogP contribution >= 0.6 is 0 Å². The molecule has 7 nitrogen and oxygen atoms in total. The Kier molecular flexibility index (Phi) is 5.41. The fourth-order valence-corrected chi connectivity index (χ4v) is 5.65. The second-order valence-electron chi connectivity index (χ2n) is 9.61. The molecule has 2 N–H and O–H groups in total. The fourth-order valence-electron chi connectivity index (χ4n) is 5.65. The summed E-state index contributed by atoms with van der Waals surface area (Å²) in [4.78, 5) is 9.73. The van der Waals surface area contributed by atoms with Crippen molar-refractivity contribution in [2.75, 3.05) is 62.7 Å². The first kappa shape index (κ1) is 20.3. The van der Waals surface area contributed by atoms with Gasteiger partial charge < -0.3 is 25.0 Å². The minimum Gasteiger partial charge on any atom is -0.487 e. The molecule has 170 valence electrons. The van der Waals surface area contributed by atoms with E-state index >= 15 is 0 Å². The number of benzene rings is 1. The van der Waals surface area contributed by atoms with Crippen LogP contribution in [0.25, 0.3) is 0 Å². The molecule has 0 saturated carbocycles. The van der Waals surface area contributed by atoms with Crippen LogP contribution in [0.5, 0.6) is 5.75 Å². The molecule has 4 aliphatic rings. The highest BCUT2D eigenvalue weighted by atomic mass is 16.5. The van der Waals surface area contributed by atoms with E-state index in [-0.39, 0.29) is 0 Å². The first-order valence-corrected chi connectivity index (χ1v) is 12.1. The van der Waals surface area contributed by atoms with Gasteiger partial charge in [-0.05, 0) is 48.6 Å². The Bertz CT molecular complexity index is 973. The number of nitrogens with zero attached hydrogens (tertiary/aromatic N) is 3. The van der Waals surface area contributed by atoms with Crippen LogP contribution < -0.4 is 20.3 Å². The van der Waals surface area contributed by atoms with Crippen LogP contribution in [0.2, 0.25) is 0 Å². The van der Waals surface area contributed by atoms with Gasteiger partial charge in [-0.2, -0.15) is 0 Å². The smallest absolute Gasteiger partial charge is 0.143 e. The van der Waals surface area contributed by atoms with Gasteiger partial charge in [-0.15, -0.1) is 0 Å². The number of morpholine rings is 1. The molecule has 6 rings (SSSR count). The van der Waals surface area contributed by atoms with E-state index in [9.17, 15) is 0 Å². The van der Waals surface area contributed by atoms with Gasteiger partial charge >= 0.3 is 0 Å². The fraction of sp³-hybridized carbons (Fsp3) is 0.560. The molecule has 0 unspecified atom stereocenters. The number of aromatic nitrogens is 1. The van der Waals surface area contributed by atoms with Crippen LogP contribution in [-0.4, -0.2) is 68.4 Å². The number of fused-ring (bicyclic) bond motifs is 2. The molecule has 0 amide bonds. The number of hydrogen-bond acceptors (Lipinski definition) is 7. The minimum absolute atomic E-state index is 0.527. The molecule has 0 radical (unpaired) electrons. The monoisotopic (exact) mass is 435 g/mol. The largest absolute Gasteiger partial charge is 0.487 e. The van der Waals surface area contributed by atoms with E-state index in [4.69, 9.17) is 9.47 Å². The van der Waals surface area contributed by atoms with Gasteiger partial charge in [-0.25, -0.2) is 4.98 Å². The number of hydrogen-bond donors (Lipinski definition) is 2. The van der Waals surface area contributed by atoms with E-state index in [1.54, 1.807) is 0 Å². The third-order valence-electron chi connectivity index (χ3n) is 7.65. The van der Waals surface area contributed by atoms with Crippen LogP contribution in [0.1, 0.15) is 30.4 Å². The molecule has 5 heterocycles. The summed E-state index contributed by atoms with van der Waals surface area (Å²) in [5, 5.41) is 7.02. The van der Waals surface area contributed by atoms with Crippen molar-refractivity contribution in [1.29, 1.82) is 0 Å². The van der Waals surface area contributed by atoms with E-state index in [2.05, 4.69) is 56.6 Å². The second kappa shape index (κ2) is 8.54. The number of likely N-dealkylation sites (tertiary alicyclic amines) is 1. The summed E-state index contributed by atoms with van der Waals surface area (Å²) in [5.74, 6) is 3.05.